The van der Waals surface area contributed by atoms with E-state index in [0.717, 1.165) is 22.0 Å². The summed E-state index contributed by atoms with van der Waals surface area (Å²) in [5.74, 6) is 0. The van der Waals surface area contributed by atoms with Crippen LogP contribution < -0.4 is 0 Å². The number of nitro benzene ring substituents is 1. The highest BCUT2D eigenvalue weighted by Crippen LogP contribution is 2.24. The maximum Gasteiger partial charge on any atom is 0.270 e. The number of rotatable bonds is 4. The van der Waals surface area contributed by atoms with Gasteiger partial charge in [0.1, 0.15) is 0 Å². The SMILES string of the molecule is O=[N+]([O-])c1cccc(-c2cccc(CCI)c2)c1. The third kappa shape index (κ3) is 3.07. The summed E-state index contributed by atoms with van der Waals surface area (Å²) in [5.41, 5.74) is 3.31. The quantitative estimate of drug-likeness (QED) is 0.357. The van der Waals surface area contributed by atoms with E-state index in [4.69, 9.17) is 0 Å². The Kier molecular flexibility index (Phi) is 4.30. The fourth-order valence-corrected chi connectivity index (χ4v) is 2.44. The number of hydrogen-bond donors (Lipinski definition) is 0. The van der Waals surface area contributed by atoms with Crippen molar-refractivity contribution in [1.82, 2.24) is 0 Å². The monoisotopic (exact) mass is 353 g/mol. The molecule has 0 aliphatic rings. The van der Waals surface area contributed by atoms with Gasteiger partial charge in [-0.05, 0) is 23.1 Å². The number of alkyl halides is 1. The predicted octanol–water partition coefficient (Wildman–Crippen LogP) is 4.24. The third-order valence-corrected chi connectivity index (χ3v) is 3.24. The van der Waals surface area contributed by atoms with Gasteiger partial charge < -0.3 is 0 Å². The van der Waals surface area contributed by atoms with E-state index in [1.165, 1.54) is 11.6 Å². The second-order valence-corrected chi connectivity index (χ2v) is 5.03. The molecule has 18 heavy (non-hydrogen) atoms. The molecule has 0 amide bonds. The highest BCUT2D eigenvalue weighted by molar-refractivity contribution is 14.1. The first-order valence-electron chi connectivity index (χ1n) is 5.60. The highest BCUT2D eigenvalue weighted by Gasteiger charge is 2.07. The van der Waals surface area contributed by atoms with Gasteiger partial charge in [0.25, 0.3) is 5.69 Å². The van der Waals surface area contributed by atoms with Gasteiger partial charge in [0.05, 0.1) is 4.92 Å². The van der Waals surface area contributed by atoms with Gasteiger partial charge in [-0.1, -0.05) is 59.0 Å². The van der Waals surface area contributed by atoms with E-state index in [9.17, 15) is 10.1 Å². The van der Waals surface area contributed by atoms with Crippen LogP contribution in [-0.2, 0) is 6.42 Å². The molecule has 0 atom stereocenters. The van der Waals surface area contributed by atoms with Crippen molar-refractivity contribution in [3.05, 3.63) is 64.2 Å². The Morgan fingerprint density at radius 2 is 1.72 bits per heavy atom. The van der Waals surface area contributed by atoms with Crippen molar-refractivity contribution in [2.24, 2.45) is 0 Å². The summed E-state index contributed by atoms with van der Waals surface area (Å²) < 4.78 is 1.07. The van der Waals surface area contributed by atoms with Gasteiger partial charge in [-0.3, -0.25) is 10.1 Å². The van der Waals surface area contributed by atoms with E-state index in [1.807, 2.05) is 18.2 Å². The van der Waals surface area contributed by atoms with Crippen molar-refractivity contribution >= 4 is 28.3 Å². The Morgan fingerprint density at radius 3 is 2.39 bits per heavy atom. The summed E-state index contributed by atoms with van der Waals surface area (Å²) >= 11 is 2.34. The molecule has 0 N–H and O–H groups in total. The molecule has 2 aromatic rings. The molecule has 0 spiro atoms. The zero-order valence-electron chi connectivity index (χ0n) is 9.67. The summed E-state index contributed by atoms with van der Waals surface area (Å²) in [6.45, 7) is 0. The van der Waals surface area contributed by atoms with E-state index in [-0.39, 0.29) is 10.6 Å². The van der Waals surface area contributed by atoms with Crippen LogP contribution in [0.2, 0.25) is 0 Å². The number of hydrogen-bond acceptors (Lipinski definition) is 2. The van der Waals surface area contributed by atoms with Crippen molar-refractivity contribution in [2.45, 2.75) is 6.42 Å². The Morgan fingerprint density at radius 1 is 1.06 bits per heavy atom. The minimum atomic E-state index is -0.363. The average molecular weight is 353 g/mol. The first-order valence-corrected chi connectivity index (χ1v) is 7.13. The van der Waals surface area contributed by atoms with Crippen LogP contribution in [0, 0.1) is 10.1 Å². The maximum absolute atomic E-state index is 10.8. The number of aryl methyl sites for hydroxylation is 1. The Bertz CT molecular complexity index is 569. The molecule has 2 aromatic carbocycles. The van der Waals surface area contributed by atoms with Crippen LogP contribution >= 0.6 is 22.6 Å². The molecule has 0 aliphatic heterocycles. The molecular weight excluding hydrogens is 341 g/mol. The van der Waals surface area contributed by atoms with E-state index < -0.39 is 0 Å². The summed E-state index contributed by atoms with van der Waals surface area (Å²) in [6.07, 6.45) is 1.02. The molecule has 0 saturated carbocycles. The number of benzene rings is 2. The molecule has 0 aromatic heterocycles. The average Bonchev–Trinajstić information content (AvgIpc) is 2.39. The Balaban J connectivity index is 2.38. The molecule has 0 radical (unpaired) electrons. The van der Waals surface area contributed by atoms with Gasteiger partial charge in [0.15, 0.2) is 0 Å². The van der Waals surface area contributed by atoms with Gasteiger partial charge in [0, 0.05) is 16.6 Å². The molecule has 92 valence electrons. The fraction of sp³-hybridized carbons (Fsp3) is 0.143. The normalized spacial score (nSPS) is 10.3. The molecule has 3 nitrogen and oxygen atoms in total. The van der Waals surface area contributed by atoms with Crippen molar-refractivity contribution in [3.8, 4) is 11.1 Å². The molecule has 0 unspecified atom stereocenters. The van der Waals surface area contributed by atoms with Crippen LogP contribution in [0.3, 0.4) is 0 Å². The molecule has 2 rings (SSSR count). The zero-order chi connectivity index (χ0) is 13.0. The zero-order valence-corrected chi connectivity index (χ0v) is 11.8. The first-order chi connectivity index (χ1) is 8.70. The second kappa shape index (κ2) is 5.95. The predicted molar refractivity (Wildman–Crippen MR) is 81.1 cm³/mol. The van der Waals surface area contributed by atoms with Crippen LogP contribution in [0.5, 0.6) is 0 Å². The van der Waals surface area contributed by atoms with E-state index in [1.54, 1.807) is 12.1 Å². The summed E-state index contributed by atoms with van der Waals surface area (Å²) in [4.78, 5) is 10.4. The molecule has 0 bridgehead atoms. The lowest BCUT2D eigenvalue weighted by Crippen LogP contribution is -1.89. The summed E-state index contributed by atoms with van der Waals surface area (Å²) in [7, 11) is 0. The summed E-state index contributed by atoms with van der Waals surface area (Å²) in [6, 6.07) is 14.9. The topological polar surface area (TPSA) is 43.1 Å². The van der Waals surface area contributed by atoms with Gasteiger partial charge in [0.2, 0.25) is 0 Å². The van der Waals surface area contributed by atoms with Gasteiger partial charge in [-0.25, -0.2) is 0 Å². The van der Waals surface area contributed by atoms with Crippen LogP contribution in [0.1, 0.15) is 5.56 Å². The molecule has 0 fully saturated rings. The van der Waals surface area contributed by atoms with Gasteiger partial charge in [-0.2, -0.15) is 0 Å². The Labute approximate surface area is 119 Å². The van der Waals surface area contributed by atoms with Crippen LogP contribution in [-0.4, -0.2) is 9.35 Å². The van der Waals surface area contributed by atoms with Crippen LogP contribution in [0.25, 0.3) is 11.1 Å². The fourth-order valence-electron chi connectivity index (χ4n) is 1.81. The molecule has 0 aliphatic carbocycles. The number of non-ortho nitro benzene ring substituents is 1. The number of halogens is 1. The smallest absolute Gasteiger partial charge is 0.258 e. The lowest BCUT2D eigenvalue weighted by atomic mass is 10.0. The number of nitrogens with zero attached hydrogens (tertiary/aromatic N) is 1. The molecule has 4 heteroatoms. The van der Waals surface area contributed by atoms with E-state index >= 15 is 0 Å². The Hall–Kier alpha value is -1.43. The third-order valence-electron chi connectivity index (χ3n) is 2.70. The largest absolute Gasteiger partial charge is 0.270 e. The van der Waals surface area contributed by atoms with Crippen LogP contribution in [0.4, 0.5) is 5.69 Å². The second-order valence-electron chi connectivity index (χ2n) is 3.95. The lowest BCUT2D eigenvalue weighted by Gasteiger charge is -2.04. The highest BCUT2D eigenvalue weighted by atomic mass is 127. The summed E-state index contributed by atoms with van der Waals surface area (Å²) in [5, 5.41) is 10.8. The van der Waals surface area contributed by atoms with E-state index in [2.05, 4.69) is 34.7 Å². The first kappa shape index (κ1) is 13.0. The van der Waals surface area contributed by atoms with Crippen molar-refractivity contribution < 1.29 is 4.92 Å². The maximum atomic E-state index is 10.8. The van der Waals surface area contributed by atoms with Crippen LogP contribution in [0.15, 0.2) is 48.5 Å². The lowest BCUT2D eigenvalue weighted by molar-refractivity contribution is -0.384. The van der Waals surface area contributed by atoms with Crippen molar-refractivity contribution in [3.63, 3.8) is 0 Å². The molecule has 0 saturated heterocycles. The standard InChI is InChI=1S/C14H12INO2/c15-8-7-11-3-1-4-12(9-11)13-5-2-6-14(10-13)16(17)18/h1-6,9-10H,7-8H2. The van der Waals surface area contributed by atoms with Crippen molar-refractivity contribution in [2.75, 3.05) is 4.43 Å². The van der Waals surface area contributed by atoms with E-state index in [0.29, 0.717) is 0 Å². The number of nitro groups is 1. The minimum absolute atomic E-state index is 0.131. The minimum Gasteiger partial charge on any atom is -0.258 e. The van der Waals surface area contributed by atoms with Crippen molar-refractivity contribution in [1.29, 1.82) is 0 Å². The van der Waals surface area contributed by atoms with Gasteiger partial charge in [-0.15, -0.1) is 0 Å². The molecular formula is C14H12INO2. The molecule has 0 heterocycles. The van der Waals surface area contributed by atoms with Gasteiger partial charge >= 0.3 is 0 Å².